The Morgan fingerprint density at radius 3 is 2.74 bits per heavy atom. The second kappa shape index (κ2) is 6.14. The smallest absolute Gasteiger partial charge is 0.240 e. The van der Waals surface area contributed by atoms with Crippen LogP contribution in [0.1, 0.15) is 11.1 Å². The van der Waals surface area contributed by atoms with Crippen LogP contribution in [-0.4, -0.2) is 24.5 Å². The van der Waals surface area contributed by atoms with Crippen LogP contribution in [0.4, 0.5) is 0 Å². The Kier molecular flexibility index (Phi) is 4.19. The van der Waals surface area contributed by atoms with Gasteiger partial charge in [-0.25, -0.2) is 18.1 Å². The summed E-state index contributed by atoms with van der Waals surface area (Å²) in [6, 6.07) is 13.2. The molecule has 0 saturated heterocycles. The predicted octanol–water partition coefficient (Wildman–Crippen LogP) is 2.63. The average molecular weight is 329 g/mol. The fourth-order valence-corrected chi connectivity index (χ4v) is 3.91. The van der Waals surface area contributed by atoms with E-state index in [1.165, 1.54) is 0 Å². The first-order chi connectivity index (χ1) is 11.0. The SMILES string of the molecule is Cc1ccc(C)c(S(=O)(=O)NCCn2cnc3ccccc32)c1. The molecule has 0 radical (unpaired) electrons. The molecule has 3 rings (SSSR count). The second-order valence-corrected chi connectivity index (χ2v) is 7.33. The summed E-state index contributed by atoms with van der Waals surface area (Å²) in [6.07, 6.45) is 1.73. The molecule has 0 aliphatic heterocycles. The highest BCUT2D eigenvalue weighted by Gasteiger charge is 2.16. The van der Waals surface area contributed by atoms with Crippen molar-refractivity contribution < 1.29 is 8.42 Å². The maximum Gasteiger partial charge on any atom is 0.240 e. The molecule has 0 atom stereocenters. The van der Waals surface area contributed by atoms with Gasteiger partial charge in [0.15, 0.2) is 0 Å². The van der Waals surface area contributed by atoms with Gasteiger partial charge in [0.25, 0.3) is 0 Å². The Bertz CT molecular complexity index is 945. The lowest BCUT2D eigenvalue weighted by Crippen LogP contribution is -2.28. The van der Waals surface area contributed by atoms with Crippen molar-refractivity contribution in [1.82, 2.24) is 14.3 Å². The molecule has 0 fully saturated rings. The molecular weight excluding hydrogens is 310 g/mol. The van der Waals surface area contributed by atoms with E-state index in [1.54, 1.807) is 19.3 Å². The molecule has 1 aromatic heterocycles. The highest BCUT2D eigenvalue weighted by molar-refractivity contribution is 7.89. The van der Waals surface area contributed by atoms with Crippen molar-refractivity contribution in [3.63, 3.8) is 0 Å². The number of sulfonamides is 1. The molecule has 0 bridgehead atoms. The first-order valence-corrected chi connectivity index (χ1v) is 8.92. The van der Waals surface area contributed by atoms with Gasteiger partial charge in [0, 0.05) is 13.1 Å². The lowest BCUT2D eigenvalue weighted by Gasteiger charge is -2.11. The summed E-state index contributed by atoms with van der Waals surface area (Å²) in [5.41, 5.74) is 3.58. The van der Waals surface area contributed by atoms with Crippen LogP contribution in [0.25, 0.3) is 11.0 Å². The molecule has 6 heteroatoms. The van der Waals surface area contributed by atoms with Crippen molar-refractivity contribution in [2.75, 3.05) is 6.54 Å². The monoisotopic (exact) mass is 329 g/mol. The number of benzene rings is 2. The van der Waals surface area contributed by atoms with Crippen LogP contribution in [0.3, 0.4) is 0 Å². The van der Waals surface area contributed by atoms with Gasteiger partial charge in [-0.2, -0.15) is 0 Å². The minimum absolute atomic E-state index is 0.316. The number of aromatic nitrogens is 2. The summed E-state index contributed by atoms with van der Waals surface area (Å²) in [4.78, 5) is 4.64. The van der Waals surface area contributed by atoms with Gasteiger partial charge in [-0.15, -0.1) is 0 Å². The molecule has 23 heavy (non-hydrogen) atoms. The molecular formula is C17H19N3O2S. The summed E-state index contributed by atoms with van der Waals surface area (Å²) < 4.78 is 29.5. The molecule has 1 N–H and O–H groups in total. The summed E-state index contributed by atoms with van der Waals surface area (Å²) >= 11 is 0. The number of nitrogens with zero attached hydrogens (tertiary/aromatic N) is 2. The molecule has 1 heterocycles. The molecule has 0 saturated carbocycles. The van der Waals surface area contributed by atoms with Crippen LogP contribution in [0.15, 0.2) is 53.7 Å². The Hall–Kier alpha value is -2.18. The van der Waals surface area contributed by atoms with Gasteiger partial charge in [-0.3, -0.25) is 0 Å². The van der Waals surface area contributed by atoms with Gasteiger partial charge in [0.05, 0.1) is 22.3 Å². The van der Waals surface area contributed by atoms with E-state index in [0.29, 0.717) is 18.0 Å². The topological polar surface area (TPSA) is 64.0 Å². The summed E-state index contributed by atoms with van der Waals surface area (Å²) in [5, 5.41) is 0. The van der Waals surface area contributed by atoms with E-state index in [4.69, 9.17) is 0 Å². The van der Waals surface area contributed by atoms with Gasteiger partial charge < -0.3 is 4.57 Å². The molecule has 5 nitrogen and oxygen atoms in total. The van der Waals surface area contributed by atoms with Gasteiger partial charge in [0.2, 0.25) is 10.0 Å². The van der Waals surface area contributed by atoms with Crippen LogP contribution in [0.5, 0.6) is 0 Å². The largest absolute Gasteiger partial charge is 0.329 e. The number of para-hydroxylation sites is 2. The van der Waals surface area contributed by atoms with E-state index in [2.05, 4.69) is 9.71 Å². The Balaban J connectivity index is 1.74. The minimum atomic E-state index is -3.50. The van der Waals surface area contributed by atoms with Gasteiger partial charge in [0.1, 0.15) is 0 Å². The lowest BCUT2D eigenvalue weighted by molar-refractivity contribution is 0.573. The van der Waals surface area contributed by atoms with Crippen molar-refractivity contribution in [1.29, 1.82) is 0 Å². The zero-order valence-electron chi connectivity index (χ0n) is 13.2. The first-order valence-electron chi connectivity index (χ1n) is 7.44. The Morgan fingerprint density at radius 1 is 1.13 bits per heavy atom. The van der Waals surface area contributed by atoms with E-state index in [1.807, 2.05) is 47.9 Å². The van der Waals surface area contributed by atoms with Crippen molar-refractivity contribution in [3.05, 3.63) is 59.9 Å². The number of aryl methyl sites for hydroxylation is 2. The third-order valence-electron chi connectivity index (χ3n) is 3.81. The third kappa shape index (κ3) is 3.28. The molecule has 2 aromatic carbocycles. The van der Waals surface area contributed by atoms with E-state index < -0.39 is 10.0 Å². The fraction of sp³-hybridized carbons (Fsp3) is 0.235. The van der Waals surface area contributed by atoms with E-state index in [0.717, 1.165) is 22.2 Å². The maximum absolute atomic E-state index is 12.5. The van der Waals surface area contributed by atoms with Crippen molar-refractivity contribution in [2.24, 2.45) is 0 Å². The van der Waals surface area contributed by atoms with E-state index in [-0.39, 0.29) is 0 Å². The van der Waals surface area contributed by atoms with Crippen LogP contribution in [0.2, 0.25) is 0 Å². The predicted molar refractivity (Wildman–Crippen MR) is 90.8 cm³/mol. The number of nitrogens with one attached hydrogen (secondary N) is 1. The highest BCUT2D eigenvalue weighted by Crippen LogP contribution is 2.16. The molecule has 0 amide bonds. The lowest BCUT2D eigenvalue weighted by atomic mass is 10.2. The van der Waals surface area contributed by atoms with Gasteiger partial charge in [-0.05, 0) is 43.2 Å². The van der Waals surface area contributed by atoms with E-state index >= 15 is 0 Å². The van der Waals surface area contributed by atoms with E-state index in [9.17, 15) is 8.42 Å². The molecule has 0 spiro atoms. The van der Waals surface area contributed by atoms with Crippen molar-refractivity contribution in [3.8, 4) is 0 Å². The normalized spacial score (nSPS) is 11.9. The number of hydrogen-bond donors (Lipinski definition) is 1. The molecule has 3 aromatic rings. The molecule has 0 aliphatic rings. The van der Waals surface area contributed by atoms with Gasteiger partial charge in [-0.1, -0.05) is 24.3 Å². The Morgan fingerprint density at radius 2 is 1.91 bits per heavy atom. The van der Waals surface area contributed by atoms with Crippen molar-refractivity contribution >= 4 is 21.1 Å². The fourth-order valence-electron chi connectivity index (χ4n) is 2.56. The summed E-state index contributed by atoms with van der Waals surface area (Å²) in [6.45, 7) is 4.54. The number of fused-ring (bicyclic) bond motifs is 1. The van der Waals surface area contributed by atoms with Crippen LogP contribution in [-0.2, 0) is 16.6 Å². The maximum atomic E-state index is 12.5. The van der Waals surface area contributed by atoms with Crippen molar-refractivity contribution in [2.45, 2.75) is 25.3 Å². The molecule has 0 unspecified atom stereocenters. The van der Waals surface area contributed by atoms with Gasteiger partial charge >= 0.3 is 0 Å². The summed E-state index contributed by atoms with van der Waals surface area (Å²) in [7, 11) is -3.50. The Labute approximate surface area is 136 Å². The van der Waals surface area contributed by atoms with Crippen LogP contribution in [0, 0.1) is 13.8 Å². The van der Waals surface area contributed by atoms with Crippen LogP contribution >= 0.6 is 0 Å². The zero-order valence-corrected chi connectivity index (χ0v) is 14.0. The number of imidazole rings is 1. The standard InChI is InChI=1S/C17H19N3O2S/c1-13-7-8-14(2)17(11-13)23(21,22)19-9-10-20-12-18-15-5-3-4-6-16(15)20/h3-8,11-12,19H,9-10H2,1-2H3. The number of hydrogen-bond acceptors (Lipinski definition) is 3. The highest BCUT2D eigenvalue weighted by atomic mass is 32.2. The first kappa shape index (κ1) is 15.7. The summed E-state index contributed by atoms with van der Waals surface area (Å²) in [5.74, 6) is 0. The zero-order chi connectivity index (χ0) is 16.4. The second-order valence-electron chi connectivity index (χ2n) is 5.59. The minimum Gasteiger partial charge on any atom is -0.329 e. The third-order valence-corrected chi connectivity index (χ3v) is 5.41. The molecule has 0 aliphatic carbocycles. The average Bonchev–Trinajstić information content (AvgIpc) is 2.93. The quantitative estimate of drug-likeness (QED) is 0.782. The van der Waals surface area contributed by atoms with Crippen LogP contribution < -0.4 is 4.72 Å². The number of rotatable bonds is 5. The molecule has 120 valence electrons.